The first kappa shape index (κ1) is 23.2. The summed E-state index contributed by atoms with van der Waals surface area (Å²) < 4.78 is 22.2. The predicted molar refractivity (Wildman–Crippen MR) is 131 cm³/mol. The Hall–Kier alpha value is -3.59. The van der Waals surface area contributed by atoms with Crippen LogP contribution in [0.4, 0.5) is 4.39 Å². The van der Waals surface area contributed by atoms with Crippen LogP contribution < -0.4 is 5.56 Å². The van der Waals surface area contributed by atoms with E-state index in [0.29, 0.717) is 39.3 Å². The number of benzene rings is 1. The van der Waals surface area contributed by atoms with Gasteiger partial charge in [0.05, 0.1) is 5.39 Å². The van der Waals surface area contributed by atoms with Crippen LogP contribution in [0, 0.1) is 26.6 Å². The summed E-state index contributed by atoms with van der Waals surface area (Å²) in [4.78, 5) is 44.0. The minimum atomic E-state index is -0.636. The molecule has 0 aliphatic carbocycles. The molecule has 1 aliphatic rings. The fraction of sp³-hybridized carbons (Fsp3) is 0.308. The zero-order valence-corrected chi connectivity index (χ0v) is 20.5. The van der Waals surface area contributed by atoms with Gasteiger partial charge >= 0.3 is 5.97 Å². The maximum Gasteiger partial charge on any atom is 0.349 e. The van der Waals surface area contributed by atoms with E-state index in [1.54, 1.807) is 29.7 Å². The highest BCUT2D eigenvalue weighted by atomic mass is 32.1. The number of fused-ring (bicyclic) bond motifs is 2. The number of ketones is 1. The van der Waals surface area contributed by atoms with Crippen molar-refractivity contribution in [2.24, 2.45) is 0 Å². The van der Waals surface area contributed by atoms with Gasteiger partial charge in [0.2, 0.25) is 5.78 Å². The van der Waals surface area contributed by atoms with Crippen molar-refractivity contribution in [3.63, 3.8) is 0 Å². The van der Waals surface area contributed by atoms with E-state index in [2.05, 4.69) is 4.98 Å². The fourth-order valence-electron chi connectivity index (χ4n) is 4.64. The largest absolute Gasteiger partial charge is 0.453 e. The van der Waals surface area contributed by atoms with Crippen LogP contribution in [0.5, 0.6) is 0 Å². The number of Topliss-reactive ketones (excluding diaryl/α,β-unsaturated/α-hetero) is 1. The molecule has 9 heteroatoms. The van der Waals surface area contributed by atoms with Crippen LogP contribution in [0.1, 0.15) is 54.8 Å². The number of nitrogens with zero attached hydrogens (tertiary/aromatic N) is 3. The fourth-order valence-corrected chi connectivity index (χ4v) is 5.73. The van der Waals surface area contributed by atoms with Gasteiger partial charge in [0.25, 0.3) is 5.56 Å². The molecule has 0 fully saturated rings. The van der Waals surface area contributed by atoms with Crippen molar-refractivity contribution < 1.29 is 18.7 Å². The molecule has 0 amide bonds. The number of carbonyl (C=O) groups excluding carboxylic acids is 2. The van der Waals surface area contributed by atoms with Crippen LogP contribution in [-0.2, 0) is 24.2 Å². The van der Waals surface area contributed by atoms with Crippen LogP contribution in [0.3, 0.4) is 0 Å². The maximum atomic E-state index is 13.2. The van der Waals surface area contributed by atoms with Crippen molar-refractivity contribution in [2.45, 2.75) is 46.7 Å². The number of thiophene rings is 1. The molecule has 0 N–H and O–H groups in total. The summed E-state index contributed by atoms with van der Waals surface area (Å²) in [5, 5.41) is 0.447. The van der Waals surface area contributed by atoms with Crippen LogP contribution in [0.2, 0.25) is 0 Å². The Bertz CT molecular complexity index is 1550. The molecule has 0 unspecified atom stereocenters. The van der Waals surface area contributed by atoms with Crippen molar-refractivity contribution in [3.05, 3.63) is 85.3 Å². The second-order valence-corrected chi connectivity index (χ2v) is 9.82. The summed E-state index contributed by atoms with van der Waals surface area (Å²) in [5.74, 6) is -0.502. The molecular formula is C26H24FN3O4S. The summed E-state index contributed by atoms with van der Waals surface area (Å²) in [6.45, 7) is 6.17. The van der Waals surface area contributed by atoms with E-state index in [4.69, 9.17) is 4.74 Å². The minimum Gasteiger partial charge on any atom is -0.453 e. The van der Waals surface area contributed by atoms with Gasteiger partial charge in [0.15, 0.2) is 6.61 Å². The minimum absolute atomic E-state index is 0.125. The van der Waals surface area contributed by atoms with E-state index in [0.717, 1.165) is 47.0 Å². The lowest BCUT2D eigenvalue weighted by Gasteiger charge is -2.10. The topological polar surface area (TPSA) is 83.2 Å². The lowest BCUT2D eigenvalue weighted by molar-refractivity contribution is 0.0479. The van der Waals surface area contributed by atoms with Crippen molar-refractivity contribution in [2.75, 3.05) is 6.61 Å². The molecule has 5 rings (SSSR count). The monoisotopic (exact) mass is 493 g/mol. The third-order valence-corrected chi connectivity index (χ3v) is 7.72. The first-order valence-electron chi connectivity index (χ1n) is 11.4. The average Bonchev–Trinajstić information content (AvgIpc) is 3.51. The van der Waals surface area contributed by atoms with E-state index in [9.17, 15) is 18.8 Å². The average molecular weight is 494 g/mol. The zero-order chi connectivity index (χ0) is 24.9. The molecule has 0 saturated carbocycles. The van der Waals surface area contributed by atoms with Gasteiger partial charge in [-0.3, -0.25) is 14.2 Å². The van der Waals surface area contributed by atoms with Gasteiger partial charge in [-0.15, -0.1) is 11.3 Å². The first-order chi connectivity index (χ1) is 16.7. The third kappa shape index (κ3) is 4.10. The molecule has 1 aromatic carbocycles. The van der Waals surface area contributed by atoms with Gasteiger partial charge in [-0.2, -0.15) is 0 Å². The normalized spacial score (nSPS) is 12.8. The van der Waals surface area contributed by atoms with Crippen LogP contribution in [0.15, 0.2) is 35.1 Å². The van der Waals surface area contributed by atoms with E-state index < -0.39 is 12.6 Å². The van der Waals surface area contributed by atoms with E-state index in [1.165, 1.54) is 12.1 Å². The second-order valence-electron chi connectivity index (χ2n) is 8.82. The number of carbonyl (C=O) groups is 2. The molecule has 35 heavy (non-hydrogen) atoms. The number of aryl methyl sites for hydroxylation is 3. The Morgan fingerprint density at radius 3 is 2.66 bits per heavy atom. The lowest BCUT2D eigenvalue weighted by Crippen LogP contribution is -2.20. The van der Waals surface area contributed by atoms with E-state index in [1.807, 2.05) is 18.4 Å². The number of aromatic nitrogens is 3. The molecule has 1 aliphatic heterocycles. The molecule has 4 heterocycles. The molecule has 180 valence electrons. The smallest absolute Gasteiger partial charge is 0.349 e. The molecule has 3 aromatic heterocycles. The number of esters is 1. The number of hydrogen-bond acceptors (Lipinski definition) is 6. The van der Waals surface area contributed by atoms with Crippen LogP contribution in [0.25, 0.3) is 10.2 Å². The van der Waals surface area contributed by atoms with Crippen molar-refractivity contribution in [1.82, 2.24) is 14.1 Å². The summed E-state index contributed by atoms with van der Waals surface area (Å²) in [6.07, 6.45) is 1.63. The standard InChI is InChI=1S/C26H24FN3O4S/c1-14-11-19(16(3)30(14)12-17-6-8-18(27)9-7-17)20(31)13-34-26(33)23-15(2)22-24(35-23)28-21-5-4-10-29(21)25(22)32/h6-9,11H,4-5,10,12-13H2,1-3H3. The quantitative estimate of drug-likeness (QED) is 0.294. The maximum absolute atomic E-state index is 13.2. The lowest BCUT2D eigenvalue weighted by atomic mass is 10.1. The van der Waals surface area contributed by atoms with Crippen LogP contribution >= 0.6 is 11.3 Å². The Morgan fingerprint density at radius 2 is 1.91 bits per heavy atom. The Labute approximate surface area is 204 Å². The first-order valence-corrected chi connectivity index (χ1v) is 12.2. The van der Waals surface area contributed by atoms with E-state index >= 15 is 0 Å². The third-order valence-electron chi connectivity index (χ3n) is 6.56. The molecule has 0 bridgehead atoms. The highest BCUT2D eigenvalue weighted by Gasteiger charge is 2.25. The number of ether oxygens (including phenoxy) is 1. The molecule has 0 spiro atoms. The van der Waals surface area contributed by atoms with Gasteiger partial charge in [-0.25, -0.2) is 14.2 Å². The SMILES string of the molecule is Cc1c(C(=O)OCC(=O)c2cc(C)n(Cc3ccc(F)cc3)c2C)sc2nc3n(c(=O)c12)CCC3. The number of halogens is 1. The highest BCUT2D eigenvalue weighted by Crippen LogP contribution is 2.29. The molecule has 0 atom stereocenters. The van der Waals surface area contributed by atoms with Gasteiger partial charge < -0.3 is 9.30 Å². The van der Waals surface area contributed by atoms with Crippen molar-refractivity contribution >= 4 is 33.3 Å². The van der Waals surface area contributed by atoms with Crippen molar-refractivity contribution in [1.29, 1.82) is 0 Å². The highest BCUT2D eigenvalue weighted by molar-refractivity contribution is 7.20. The van der Waals surface area contributed by atoms with Gasteiger partial charge in [0, 0.05) is 36.5 Å². The summed E-state index contributed by atoms with van der Waals surface area (Å²) in [7, 11) is 0. The second kappa shape index (κ2) is 8.88. The molecule has 0 saturated heterocycles. The Balaban J connectivity index is 1.33. The summed E-state index contributed by atoms with van der Waals surface area (Å²) in [6, 6.07) is 8.00. The molecule has 4 aromatic rings. The predicted octanol–water partition coefficient (Wildman–Crippen LogP) is 4.36. The van der Waals surface area contributed by atoms with Crippen molar-refractivity contribution in [3.8, 4) is 0 Å². The summed E-state index contributed by atoms with van der Waals surface area (Å²) >= 11 is 1.13. The van der Waals surface area contributed by atoms with E-state index in [-0.39, 0.29) is 17.2 Å². The van der Waals surface area contributed by atoms with Gasteiger partial charge in [0.1, 0.15) is 21.3 Å². The number of hydrogen-bond donors (Lipinski definition) is 0. The van der Waals surface area contributed by atoms with Gasteiger partial charge in [-0.05, 0) is 56.5 Å². The Kier molecular flexibility index (Phi) is 5.88. The number of rotatable bonds is 6. The summed E-state index contributed by atoms with van der Waals surface area (Å²) in [5.41, 5.74) is 3.43. The Morgan fingerprint density at radius 1 is 1.17 bits per heavy atom. The van der Waals surface area contributed by atoms with Crippen LogP contribution in [-0.4, -0.2) is 32.5 Å². The molecule has 0 radical (unpaired) electrons. The van der Waals surface area contributed by atoms with Gasteiger partial charge in [-0.1, -0.05) is 12.1 Å². The molecular weight excluding hydrogens is 469 g/mol. The zero-order valence-electron chi connectivity index (χ0n) is 19.7. The molecule has 7 nitrogen and oxygen atoms in total.